The summed E-state index contributed by atoms with van der Waals surface area (Å²) in [7, 11) is 1.33. The summed E-state index contributed by atoms with van der Waals surface area (Å²) >= 11 is 0. The first-order chi connectivity index (χ1) is 12.9. The summed E-state index contributed by atoms with van der Waals surface area (Å²) in [4.78, 5) is 36.6. The van der Waals surface area contributed by atoms with Crippen molar-refractivity contribution in [2.45, 2.75) is 39.2 Å². The van der Waals surface area contributed by atoms with Gasteiger partial charge < -0.3 is 13.9 Å². The van der Waals surface area contributed by atoms with Crippen molar-refractivity contribution in [2.75, 3.05) is 7.11 Å². The van der Waals surface area contributed by atoms with Gasteiger partial charge in [0.15, 0.2) is 5.78 Å². The van der Waals surface area contributed by atoms with Crippen LogP contribution in [0, 0.1) is 17.3 Å². The highest BCUT2D eigenvalue weighted by atomic mass is 16.6. The Labute approximate surface area is 158 Å². The van der Waals surface area contributed by atoms with Crippen molar-refractivity contribution < 1.29 is 28.3 Å². The molecule has 144 valence electrons. The zero-order valence-electron chi connectivity index (χ0n) is 15.8. The van der Waals surface area contributed by atoms with Crippen molar-refractivity contribution in [1.29, 1.82) is 0 Å². The fourth-order valence-corrected chi connectivity index (χ4v) is 4.26. The maximum Gasteiger partial charge on any atom is 0.334 e. The second kappa shape index (κ2) is 7.55. The van der Waals surface area contributed by atoms with Crippen molar-refractivity contribution in [2.24, 2.45) is 17.3 Å². The molecule has 0 bridgehead atoms. The maximum absolute atomic E-state index is 12.7. The van der Waals surface area contributed by atoms with Crippen LogP contribution in [0.2, 0.25) is 0 Å². The number of furan rings is 1. The Morgan fingerprint density at radius 3 is 2.78 bits per heavy atom. The number of esters is 2. The Hall–Kier alpha value is -2.63. The van der Waals surface area contributed by atoms with Crippen LogP contribution >= 0.6 is 0 Å². The third kappa shape index (κ3) is 3.61. The van der Waals surface area contributed by atoms with Crippen LogP contribution in [0.25, 0.3) is 0 Å². The van der Waals surface area contributed by atoms with Gasteiger partial charge in [-0.15, -0.1) is 0 Å². The number of allylic oxidation sites excluding steroid dienone is 3. The van der Waals surface area contributed by atoms with Crippen LogP contribution in [-0.4, -0.2) is 24.8 Å². The predicted octanol–water partition coefficient (Wildman–Crippen LogP) is 3.54. The molecule has 1 aliphatic heterocycles. The topological polar surface area (TPSA) is 82.8 Å². The number of cyclic esters (lactones) is 1. The van der Waals surface area contributed by atoms with Gasteiger partial charge in [-0.2, -0.15) is 0 Å². The van der Waals surface area contributed by atoms with E-state index in [4.69, 9.17) is 13.9 Å². The molecule has 1 aromatic heterocycles. The van der Waals surface area contributed by atoms with Gasteiger partial charge in [0.25, 0.3) is 0 Å². The Kier molecular flexibility index (Phi) is 5.35. The van der Waals surface area contributed by atoms with E-state index in [9.17, 15) is 14.4 Å². The molecule has 2 aliphatic rings. The molecule has 3 rings (SSSR count). The predicted molar refractivity (Wildman–Crippen MR) is 96.4 cm³/mol. The normalized spacial score (nSPS) is 30.9. The van der Waals surface area contributed by atoms with Crippen molar-refractivity contribution >= 4 is 17.7 Å². The average molecular weight is 372 g/mol. The standard InChI is InChI=1S/C21H24O6/c1-13(22)7-9-21(2)16(5-4-6-17(21)20(24)25-3)15-11-18(27-19(15)23)14-8-10-26-12-14/h6-10,12,15-16,18H,4-5,11H2,1-3H3/t15-,16+,18-,21-/m1/s1. The zero-order chi connectivity index (χ0) is 19.6. The molecule has 0 spiro atoms. The third-order valence-electron chi connectivity index (χ3n) is 5.68. The molecule has 6 nitrogen and oxygen atoms in total. The molecule has 0 unspecified atom stereocenters. The summed E-state index contributed by atoms with van der Waals surface area (Å²) in [6.07, 6.45) is 9.72. The minimum atomic E-state index is -0.786. The maximum atomic E-state index is 12.7. The zero-order valence-corrected chi connectivity index (χ0v) is 15.8. The van der Waals surface area contributed by atoms with Gasteiger partial charge in [-0.3, -0.25) is 9.59 Å². The van der Waals surface area contributed by atoms with Crippen LogP contribution in [0.3, 0.4) is 0 Å². The number of ketones is 1. The number of carbonyl (C=O) groups is 3. The van der Waals surface area contributed by atoms with Gasteiger partial charge in [-0.1, -0.05) is 19.1 Å². The summed E-state index contributed by atoms with van der Waals surface area (Å²) in [5, 5.41) is 0. The minimum Gasteiger partial charge on any atom is -0.472 e. The lowest BCUT2D eigenvalue weighted by atomic mass is 9.61. The number of hydrogen-bond acceptors (Lipinski definition) is 6. The van der Waals surface area contributed by atoms with Crippen LogP contribution in [0.5, 0.6) is 0 Å². The van der Waals surface area contributed by atoms with Crippen LogP contribution in [0.4, 0.5) is 0 Å². The molecule has 0 N–H and O–H groups in total. The fraction of sp³-hybridized carbons (Fsp3) is 0.476. The Balaban J connectivity index is 1.95. The highest BCUT2D eigenvalue weighted by molar-refractivity contribution is 5.92. The van der Waals surface area contributed by atoms with Crippen LogP contribution in [0.15, 0.2) is 46.8 Å². The van der Waals surface area contributed by atoms with E-state index >= 15 is 0 Å². The lowest BCUT2D eigenvalue weighted by Gasteiger charge is -2.41. The van der Waals surface area contributed by atoms with E-state index in [2.05, 4.69) is 0 Å². The first-order valence-corrected chi connectivity index (χ1v) is 9.08. The van der Waals surface area contributed by atoms with E-state index in [0.717, 1.165) is 12.0 Å². The van der Waals surface area contributed by atoms with Gasteiger partial charge in [-0.05, 0) is 37.8 Å². The van der Waals surface area contributed by atoms with Crippen LogP contribution in [0.1, 0.15) is 44.8 Å². The van der Waals surface area contributed by atoms with Gasteiger partial charge in [0, 0.05) is 23.0 Å². The molecule has 0 saturated carbocycles. The first kappa shape index (κ1) is 19.1. The molecule has 1 aliphatic carbocycles. The molecule has 1 saturated heterocycles. The van der Waals surface area contributed by atoms with E-state index in [1.54, 1.807) is 24.7 Å². The Morgan fingerprint density at radius 1 is 1.37 bits per heavy atom. The molecule has 0 aromatic carbocycles. The molecule has 0 radical (unpaired) electrons. The van der Waals surface area contributed by atoms with Gasteiger partial charge >= 0.3 is 11.9 Å². The highest BCUT2D eigenvalue weighted by Gasteiger charge is 2.50. The fourth-order valence-electron chi connectivity index (χ4n) is 4.26. The Bertz CT molecular complexity index is 788. The summed E-state index contributed by atoms with van der Waals surface area (Å²) in [6.45, 7) is 3.34. The van der Waals surface area contributed by atoms with Gasteiger partial charge in [0.2, 0.25) is 0 Å². The lowest BCUT2D eigenvalue weighted by molar-refractivity contribution is -0.147. The highest BCUT2D eigenvalue weighted by Crippen LogP contribution is 2.52. The van der Waals surface area contributed by atoms with Gasteiger partial charge in [0.05, 0.1) is 25.6 Å². The number of rotatable bonds is 5. The lowest BCUT2D eigenvalue weighted by Crippen LogP contribution is -2.40. The minimum absolute atomic E-state index is 0.116. The SMILES string of the molecule is COC(=O)C1=CCC[C@@H]([C@H]2C[C@H](c3ccoc3)OC2=O)[C@@]1(C)C=CC(C)=O. The molecule has 27 heavy (non-hydrogen) atoms. The molecular weight excluding hydrogens is 348 g/mol. The van der Waals surface area contributed by atoms with Crippen molar-refractivity contribution in [3.8, 4) is 0 Å². The summed E-state index contributed by atoms with van der Waals surface area (Å²) in [5.74, 6) is -1.38. The first-order valence-electron chi connectivity index (χ1n) is 9.08. The third-order valence-corrected chi connectivity index (χ3v) is 5.68. The van der Waals surface area contributed by atoms with E-state index in [1.807, 2.05) is 13.0 Å². The quantitative estimate of drug-likeness (QED) is 0.581. The van der Waals surface area contributed by atoms with Crippen LogP contribution in [-0.2, 0) is 23.9 Å². The summed E-state index contributed by atoms with van der Waals surface area (Å²) < 4.78 is 15.6. The number of ether oxygens (including phenoxy) is 2. The molecule has 6 heteroatoms. The molecular formula is C21H24O6. The van der Waals surface area contributed by atoms with Crippen molar-refractivity contribution in [1.82, 2.24) is 0 Å². The van der Waals surface area contributed by atoms with Gasteiger partial charge in [-0.25, -0.2) is 4.79 Å². The summed E-state index contributed by atoms with van der Waals surface area (Å²) in [5.41, 5.74) is 0.524. The van der Waals surface area contributed by atoms with Crippen LogP contribution < -0.4 is 0 Å². The van der Waals surface area contributed by atoms with E-state index in [1.165, 1.54) is 20.1 Å². The number of hydrogen-bond donors (Lipinski definition) is 0. The van der Waals surface area contributed by atoms with Gasteiger partial charge in [0.1, 0.15) is 6.10 Å². The second-order valence-corrected chi connectivity index (χ2v) is 7.34. The molecule has 1 fully saturated rings. The van der Waals surface area contributed by atoms with E-state index in [0.29, 0.717) is 18.4 Å². The van der Waals surface area contributed by atoms with E-state index < -0.39 is 11.4 Å². The van der Waals surface area contributed by atoms with Crippen molar-refractivity contribution in [3.63, 3.8) is 0 Å². The monoisotopic (exact) mass is 372 g/mol. The smallest absolute Gasteiger partial charge is 0.334 e. The second-order valence-electron chi connectivity index (χ2n) is 7.34. The molecule has 0 amide bonds. The number of methoxy groups -OCH3 is 1. The molecule has 4 atom stereocenters. The number of carbonyl (C=O) groups excluding carboxylic acids is 3. The van der Waals surface area contributed by atoms with E-state index in [-0.39, 0.29) is 29.7 Å². The van der Waals surface area contributed by atoms with Crippen molar-refractivity contribution in [3.05, 3.63) is 48.0 Å². The summed E-state index contributed by atoms with van der Waals surface area (Å²) in [6, 6.07) is 1.79. The largest absolute Gasteiger partial charge is 0.472 e. The Morgan fingerprint density at radius 2 is 2.15 bits per heavy atom. The average Bonchev–Trinajstić information content (AvgIpc) is 3.29. The molecule has 1 aromatic rings. The molecule has 2 heterocycles.